The van der Waals surface area contributed by atoms with Gasteiger partial charge in [0.15, 0.2) is 0 Å². The van der Waals surface area contributed by atoms with Gasteiger partial charge in [0.25, 0.3) is 0 Å². The third-order valence-electron chi connectivity index (χ3n) is 4.25. The molecule has 0 saturated heterocycles. The zero-order valence-electron chi connectivity index (χ0n) is 11.6. The van der Waals surface area contributed by atoms with Crippen molar-refractivity contribution in [3.63, 3.8) is 0 Å². The molecule has 0 bridgehead atoms. The lowest BCUT2D eigenvalue weighted by Gasteiger charge is -2.27. The zero-order chi connectivity index (χ0) is 13.7. The monoisotopic (exact) mass is 267 g/mol. The second-order valence-corrected chi connectivity index (χ2v) is 5.58. The number of rotatable bonds is 4. The van der Waals surface area contributed by atoms with Gasteiger partial charge >= 0.3 is 0 Å². The van der Waals surface area contributed by atoms with Crippen LogP contribution in [0.5, 0.6) is 0 Å². The SMILES string of the molecule is CNCC(c1ccc(F)cc1F)C1CCCCCC1. The normalized spacial score (nSPS) is 19.1. The Labute approximate surface area is 114 Å². The minimum Gasteiger partial charge on any atom is -0.319 e. The molecular formula is C16H23F2N. The first kappa shape index (κ1) is 14.4. The first-order chi connectivity index (χ1) is 9.22. The molecule has 1 aliphatic rings. The van der Waals surface area contributed by atoms with Crippen LogP contribution < -0.4 is 5.32 Å². The lowest BCUT2D eigenvalue weighted by atomic mass is 9.81. The molecular weight excluding hydrogens is 244 g/mol. The number of hydrogen-bond acceptors (Lipinski definition) is 1. The summed E-state index contributed by atoms with van der Waals surface area (Å²) in [4.78, 5) is 0. The van der Waals surface area contributed by atoms with Gasteiger partial charge in [-0.3, -0.25) is 0 Å². The van der Waals surface area contributed by atoms with Crippen LogP contribution >= 0.6 is 0 Å². The fourth-order valence-corrected chi connectivity index (χ4v) is 3.27. The molecule has 0 radical (unpaired) electrons. The molecule has 19 heavy (non-hydrogen) atoms. The van der Waals surface area contributed by atoms with Crippen LogP contribution in [0.15, 0.2) is 18.2 Å². The topological polar surface area (TPSA) is 12.0 Å². The van der Waals surface area contributed by atoms with E-state index in [1.807, 2.05) is 7.05 Å². The molecule has 0 aromatic heterocycles. The maximum atomic E-state index is 14.0. The van der Waals surface area contributed by atoms with E-state index < -0.39 is 11.6 Å². The van der Waals surface area contributed by atoms with Crippen LogP contribution in [0.25, 0.3) is 0 Å². The lowest BCUT2D eigenvalue weighted by molar-refractivity contribution is 0.358. The Hall–Kier alpha value is -0.960. The fourth-order valence-electron chi connectivity index (χ4n) is 3.27. The predicted octanol–water partition coefficient (Wildman–Crippen LogP) is 4.24. The van der Waals surface area contributed by atoms with E-state index in [4.69, 9.17) is 0 Å². The quantitative estimate of drug-likeness (QED) is 0.805. The highest BCUT2D eigenvalue weighted by atomic mass is 19.1. The van der Waals surface area contributed by atoms with Crippen LogP contribution in [0.1, 0.15) is 50.0 Å². The van der Waals surface area contributed by atoms with Crippen molar-refractivity contribution in [2.45, 2.75) is 44.4 Å². The number of hydrogen-bond donors (Lipinski definition) is 1. The molecule has 2 rings (SSSR count). The van der Waals surface area contributed by atoms with E-state index in [0.29, 0.717) is 11.5 Å². The van der Waals surface area contributed by atoms with Gasteiger partial charge in [-0.2, -0.15) is 0 Å². The molecule has 0 amide bonds. The molecule has 1 saturated carbocycles. The van der Waals surface area contributed by atoms with Crippen molar-refractivity contribution in [1.29, 1.82) is 0 Å². The predicted molar refractivity (Wildman–Crippen MR) is 74.2 cm³/mol. The molecule has 1 nitrogen and oxygen atoms in total. The van der Waals surface area contributed by atoms with Crippen molar-refractivity contribution in [1.82, 2.24) is 5.32 Å². The van der Waals surface area contributed by atoms with Crippen LogP contribution in [0.2, 0.25) is 0 Å². The van der Waals surface area contributed by atoms with Crippen molar-refractivity contribution in [3.8, 4) is 0 Å². The van der Waals surface area contributed by atoms with Crippen molar-refractivity contribution in [3.05, 3.63) is 35.4 Å². The van der Waals surface area contributed by atoms with Crippen LogP contribution in [0.4, 0.5) is 8.78 Å². The van der Waals surface area contributed by atoms with Gasteiger partial charge in [0.1, 0.15) is 11.6 Å². The van der Waals surface area contributed by atoms with Crippen molar-refractivity contribution in [2.24, 2.45) is 5.92 Å². The first-order valence-corrected chi connectivity index (χ1v) is 7.32. The van der Waals surface area contributed by atoms with Gasteiger partial charge in [-0.15, -0.1) is 0 Å². The molecule has 0 aliphatic heterocycles. The average Bonchev–Trinajstić information content (AvgIpc) is 2.65. The highest BCUT2D eigenvalue weighted by Gasteiger charge is 2.26. The Balaban J connectivity index is 2.22. The summed E-state index contributed by atoms with van der Waals surface area (Å²) >= 11 is 0. The van der Waals surface area contributed by atoms with Crippen LogP contribution in [-0.4, -0.2) is 13.6 Å². The van der Waals surface area contributed by atoms with E-state index in [0.717, 1.165) is 25.5 Å². The minimum atomic E-state index is -0.495. The average molecular weight is 267 g/mol. The Morgan fingerprint density at radius 3 is 2.42 bits per heavy atom. The number of benzene rings is 1. The van der Waals surface area contributed by atoms with Crippen LogP contribution in [0, 0.1) is 17.6 Å². The van der Waals surface area contributed by atoms with Gasteiger partial charge in [0.05, 0.1) is 0 Å². The van der Waals surface area contributed by atoms with Crippen molar-refractivity contribution < 1.29 is 8.78 Å². The molecule has 106 valence electrons. The third-order valence-corrected chi connectivity index (χ3v) is 4.25. The Bertz CT molecular complexity index is 398. The fraction of sp³-hybridized carbons (Fsp3) is 0.625. The van der Waals surface area contributed by atoms with Gasteiger partial charge < -0.3 is 5.32 Å². The van der Waals surface area contributed by atoms with E-state index in [9.17, 15) is 8.78 Å². The van der Waals surface area contributed by atoms with E-state index in [-0.39, 0.29) is 5.92 Å². The second-order valence-electron chi connectivity index (χ2n) is 5.58. The van der Waals surface area contributed by atoms with Crippen LogP contribution in [0.3, 0.4) is 0 Å². The Kier molecular flexibility index (Phi) is 5.32. The number of halogens is 2. The minimum absolute atomic E-state index is 0.156. The summed E-state index contributed by atoms with van der Waals surface area (Å²) in [5.74, 6) is -0.228. The molecule has 1 aromatic carbocycles. The molecule has 0 spiro atoms. The van der Waals surface area contributed by atoms with E-state index in [1.54, 1.807) is 6.07 Å². The Morgan fingerprint density at radius 1 is 1.16 bits per heavy atom. The van der Waals surface area contributed by atoms with Gasteiger partial charge in [-0.1, -0.05) is 31.7 Å². The summed E-state index contributed by atoms with van der Waals surface area (Å²) in [5.41, 5.74) is 0.669. The molecule has 1 atom stereocenters. The maximum absolute atomic E-state index is 14.0. The summed E-state index contributed by atoms with van der Waals surface area (Å²) in [6.45, 7) is 0.757. The van der Waals surface area contributed by atoms with Gasteiger partial charge in [-0.05, 0) is 37.4 Å². The summed E-state index contributed by atoms with van der Waals surface area (Å²) < 4.78 is 27.1. The second kappa shape index (κ2) is 6.99. The highest BCUT2D eigenvalue weighted by molar-refractivity contribution is 5.24. The molecule has 1 unspecified atom stereocenters. The molecule has 1 aliphatic carbocycles. The van der Waals surface area contributed by atoms with Crippen LogP contribution in [-0.2, 0) is 0 Å². The van der Waals surface area contributed by atoms with Gasteiger partial charge in [-0.25, -0.2) is 8.78 Å². The summed E-state index contributed by atoms with van der Waals surface area (Å²) in [7, 11) is 1.89. The van der Waals surface area contributed by atoms with Crippen molar-refractivity contribution >= 4 is 0 Å². The zero-order valence-corrected chi connectivity index (χ0v) is 11.6. The molecule has 3 heteroatoms. The van der Waals surface area contributed by atoms with Crippen molar-refractivity contribution in [2.75, 3.05) is 13.6 Å². The standard InChI is InChI=1S/C16H23F2N/c1-19-11-15(12-6-4-2-3-5-7-12)14-9-8-13(17)10-16(14)18/h8-10,12,15,19H,2-7,11H2,1H3. The lowest BCUT2D eigenvalue weighted by Crippen LogP contribution is -2.25. The molecule has 0 heterocycles. The van der Waals surface area contributed by atoms with Gasteiger partial charge in [0.2, 0.25) is 0 Å². The summed E-state index contributed by atoms with van der Waals surface area (Å²) in [5, 5.41) is 3.17. The molecule has 1 aromatic rings. The smallest absolute Gasteiger partial charge is 0.129 e. The van der Waals surface area contributed by atoms with E-state index >= 15 is 0 Å². The van der Waals surface area contributed by atoms with E-state index in [2.05, 4.69) is 5.32 Å². The highest BCUT2D eigenvalue weighted by Crippen LogP contribution is 2.36. The number of nitrogens with one attached hydrogen (secondary N) is 1. The first-order valence-electron chi connectivity index (χ1n) is 7.32. The maximum Gasteiger partial charge on any atom is 0.129 e. The molecule has 1 fully saturated rings. The largest absolute Gasteiger partial charge is 0.319 e. The Morgan fingerprint density at radius 2 is 1.84 bits per heavy atom. The van der Waals surface area contributed by atoms with E-state index in [1.165, 1.54) is 31.7 Å². The molecule has 1 N–H and O–H groups in total. The summed E-state index contributed by atoms with van der Waals surface area (Å²) in [6.07, 6.45) is 7.34. The van der Waals surface area contributed by atoms with Gasteiger partial charge in [0, 0.05) is 18.5 Å². The third kappa shape index (κ3) is 3.75. The number of likely N-dealkylation sites (N-methyl/N-ethyl adjacent to an activating group) is 1. The summed E-state index contributed by atoms with van der Waals surface area (Å²) in [6, 6.07) is 4.00.